The predicted molar refractivity (Wildman–Crippen MR) is 66.0 cm³/mol. The summed E-state index contributed by atoms with van der Waals surface area (Å²) >= 11 is 1.45. The molecular weight excluding hydrogens is 220 g/mol. The Morgan fingerprint density at radius 3 is 2.94 bits per heavy atom. The number of imidazole rings is 1. The summed E-state index contributed by atoms with van der Waals surface area (Å²) in [5.74, 6) is 1.19. The van der Waals surface area contributed by atoms with Crippen molar-refractivity contribution in [3.05, 3.63) is 28.8 Å². The molecule has 0 aliphatic carbocycles. The van der Waals surface area contributed by atoms with Gasteiger partial charge in [0.15, 0.2) is 5.13 Å². The van der Waals surface area contributed by atoms with Crippen LogP contribution in [0.4, 0.5) is 5.13 Å². The number of nitrogens with two attached hydrogens (primary N) is 1. The first-order valence-electron chi connectivity index (χ1n) is 5.26. The van der Waals surface area contributed by atoms with Crippen molar-refractivity contribution in [3.8, 4) is 0 Å². The van der Waals surface area contributed by atoms with Gasteiger partial charge in [-0.05, 0) is 18.6 Å². The van der Waals surface area contributed by atoms with Gasteiger partial charge in [0.2, 0.25) is 0 Å². The predicted octanol–water partition coefficient (Wildman–Crippen LogP) is 2.04. The second kappa shape index (κ2) is 3.75. The highest BCUT2D eigenvalue weighted by atomic mass is 32.1. The smallest absolute Gasteiger partial charge is 0.180 e. The van der Waals surface area contributed by atoms with Crippen LogP contribution in [0.1, 0.15) is 23.6 Å². The van der Waals surface area contributed by atoms with E-state index in [1.165, 1.54) is 23.6 Å². The molecule has 1 aliphatic rings. The van der Waals surface area contributed by atoms with Gasteiger partial charge in [0, 0.05) is 24.5 Å². The fourth-order valence-corrected chi connectivity index (χ4v) is 2.44. The molecule has 0 unspecified atom stereocenters. The number of hydrogen-bond acceptors (Lipinski definition) is 4. The van der Waals surface area contributed by atoms with Gasteiger partial charge in [-0.1, -0.05) is 0 Å². The molecule has 0 saturated carbocycles. The molecule has 0 atom stereocenters. The van der Waals surface area contributed by atoms with Crippen molar-refractivity contribution < 1.29 is 0 Å². The van der Waals surface area contributed by atoms with Gasteiger partial charge in [-0.3, -0.25) is 0 Å². The summed E-state index contributed by atoms with van der Waals surface area (Å²) in [6.07, 6.45) is 8.34. The Labute approximate surface area is 97.5 Å². The van der Waals surface area contributed by atoms with Crippen LogP contribution in [0.25, 0.3) is 12.2 Å². The van der Waals surface area contributed by atoms with Gasteiger partial charge in [0.1, 0.15) is 5.82 Å². The normalized spacial score (nSPS) is 14.8. The van der Waals surface area contributed by atoms with Crippen LogP contribution in [-0.4, -0.2) is 14.5 Å². The largest absolute Gasteiger partial charge is 0.375 e. The second-order valence-electron chi connectivity index (χ2n) is 3.82. The average molecular weight is 232 g/mol. The standard InChI is InChI=1S/C11H12N4S/c12-11-14-9(7-16-11)4-3-8-6-15-5-1-2-10(15)13-8/h3-4,6-7H,1-2,5H2,(H2,12,14). The summed E-state index contributed by atoms with van der Waals surface area (Å²) in [5, 5.41) is 2.54. The highest BCUT2D eigenvalue weighted by Crippen LogP contribution is 2.17. The number of hydrogen-bond donors (Lipinski definition) is 1. The zero-order valence-electron chi connectivity index (χ0n) is 8.76. The van der Waals surface area contributed by atoms with Crippen molar-refractivity contribution in [3.63, 3.8) is 0 Å². The molecule has 2 aromatic rings. The fourth-order valence-electron chi connectivity index (χ4n) is 1.91. The SMILES string of the molecule is Nc1nc(C=Cc2cn3c(n2)CCC3)cs1. The molecule has 2 aromatic heterocycles. The Hall–Kier alpha value is -1.62. The molecule has 0 fully saturated rings. The number of aromatic nitrogens is 3. The summed E-state index contributed by atoms with van der Waals surface area (Å²) in [7, 11) is 0. The summed E-state index contributed by atoms with van der Waals surface area (Å²) < 4.78 is 2.22. The molecule has 3 heterocycles. The number of thiazole rings is 1. The van der Waals surface area contributed by atoms with Crippen molar-refractivity contribution in [2.45, 2.75) is 19.4 Å². The molecule has 4 nitrogen and oxygen atoms in total. The van der Waals surface area contributed by atoms with Gasteiger partial charge in [0.25, 0.3) is 0 Å². The monoisotopic (exact) mass is 232 g/mol. The van der Waals surface area contributed by atoms with Crippen molar-refractivity contribution in [2.75, 3.05) is 5.73 Å². The van der Waals surface area contributed by atoms with Gasteiger partial charge in [-0.2, -0.15) is 0 Å². The Morgan fingerprint density at radius 2 is 2.19 bits per heavy atom. The third-order valence-electron chi connectivity index (χ3n) is 2.64. The van der Waals surface area contributed by atoms with E-state index in [9.17, 15) is 0 Å². The molecular formula is C11H12N4S. The topological polar surface area (TPSA) is 56.7 Å². The maximum Gasteiger partial charge on any atom is 0.180 e. The van der Waals surface area contributed by atoms with Crippen molar-refractivity contribution in [1.29, 1.82) is 0 Å². The zero-order valence-corrected chi connectivity index (χ0v) is 9.57. The third kappa shape index (κ3) is 1.74. The first-order valence-corrected chi connectivity index (χ1v) is 6.14. The van der Waals surface area contributed by atoms with E-state index in [4.69, 9.17) is 5.73 Å². The van der Waals surface area contributed by atoms with E-state index in [1.807, 2.05) is 17.5 Å². The van der Waals surface area contributed by atoms with Crippen molar-refractivity contribution >= 4 is 28.6 Å². The van der Waals surface area contributed by atoms with Gasteiger partial charge in [-0.15, -0.1) is 11.3 Å². The third-order valence-corrected chi connectivity index (χ3v) is 3.33. The molecule has 82 valence electrons. The number of rotatable bonds is 2. The average Bonchev–Trinajstić information content (AvgIpc) is 2.89. The van der Waals surface area contributed by atoms with E-state index in [2.05, 4.69) is 20.7 Å². The van der Waals surface area contributed by atoms with E-state index in [1.54, 1.807) is 0 Å². The molecule has 2 N–H and O–H groups in total. The summed E-state index contributed by atoms with van der Waals surface area (Å²) in [4.78, 5) is 8.70. The number of nitrogens with zero attached hydrogens (tertiary/aromatic N) is 3. The lowest BCUT2D eigenvalue weighted by molar-refractivity contribution is 0.749. The Kier molecular flexibility index (Phi) is 2.25. The molecule has 0 bridgehead atoms. The first kappa shape index (κ1) is 9.59. The van der Waals surface area contributed by atoms with Gasteiger partial charge in [-0.25, -0.2) is 9.97 Å². The molecule has 0 radical (unpaired) electrons. The van der Waals surface area contributed by atoms with Crippen LogP contribution >= 0.6 is 11.3 Å². The zero-order chi connectivity index (χ0) is 11.0. The summed E-state index contributed by atoms with van der Waals surface area (Å²) in [6.45, 7) is 1.10. The highest BCUT2D eigenvalue weighted by molar-refractivity contribution is 7.13. The van der Waals surface area contributed by atoms with Crippen LogP contribution in [0.2, 0.25) is 0 Å². The van der Waals surface area contributed by atoms with E-state index in [0.717, 1.165) is 24.4 Å². The minimum atomic E-state index is 0.604. The van der Waals surface area contributed by atoms with Crippen LogP contribution in [0.5, 0.6) is 0 Å². The first-order chi connectivity index (χ1) is 7.81. The molecule has 0 spiro atoms. The molecule has 3 rings (SSSR count). The molecule has 16 heavy (non-hydrogen) atoms. The Balaban J connectivity index is 1.81. The van der Waals surface area contributed by atoms with Gasteiger partial charge in [0.05, 0.1) is 11.4 Å². The Bertz CT molecular complexity index is 516. The summed E-state index contributed by atoms with van der Waals surface area (Å²) in [5.41, 5.74) is 7.46. The van der Waals surface area contributed by atoms with Crippen molar-refractivity contribution in [1.82, 2.24) is 14.5 Å². The highest BCUT2D eigenvalue weighted by Gasteiger charge is 2.11. The molecule has 1 aliphatic heterocycles. The van der Waals surface area contributed by atoms with Gasteiger partial charge >= 0.3 is 0 Å². The van der Waals surface area contributed by atoms with E-state index >= 15 is 0 Å². The lowest BCUT2D eigenvalue weighted by Gasteiger charge is -1.89. The minimum Gasteiger partial charge on any atom is -0.375 e. The van der Waals surface area contributed by atoms with E-state index in [-0.39, 0.29) is 0 Å². The van der Waals surface area contributed by atoms with Crippen LogP contribution in [0.15, 0.2) is 11.6 Å². The molecule has 0 aromatic carbocycles. The van der Waals surface area contributed by atoms with Crippen LogP contribution in [0, 0.1) is 0 Å². The van der Waals surface area contributed by atoms with E-state index < -0.39 is 0 Å². The van der Waals surface area contributed by atoms with Crippen molar-refractivity contribution in [2.24, 2.45) is 0 Å². The Morgan fingerprint density at radius 1 is 1.31 bits per heavy atom. The lowest BCUT2D eigenvalue weighted by atomic mass is 10.3. The number of anilines is 1. The molecule has 0 amide bonds. The molecule has 0 saturated heterocycles. The maximum atomic E-state index is 5.56. The van der Waals surface area contributed by atoms with Crippen LogP contribution in [0.3, 0.4) is 0 Å². The minimum absolute atomic E-state index is 0.604. The number of nitrogen functional groups attached to an aromatic ring is 1. The number of aryl methyl sites for hydroxylation is 2. The number of fused-ring (bicyclic) bond motifs is 1. The quantitative estimate of drug-likeness (QED) is 0.862. The molecule has 5 heteroatoms. The lowest BCUT2D eigenvalue weighted by Crippen LogP contribution is -1.87. The second-order valence-corrected chi connectivity index (χ2v) is 4.71. The fraction of sp³-hybridized carbons (Fsp3) is 0.273. The summed E-state index contributed by atoms with van der Waals surface area (Å²) in [6, 6.07) is 0. The maximum absolute atomic E-state index is 5.56. The van der Waals surface area contributed by atoms with Crippen LogP contribution in [-0.2, 0) is 13.0 Å². The van der Waals surface area contributed by atoms with Gasteiger partial charge < -0.3 is 10.3 Å². The van der Waals surface area contributed by atoms with E-state index in [0.29, 0.717) is 5.13 Å². The van der Waals surface area contributed by atoms with Crippen LogP contribution < -0.4 is 5.73 Å².